The van der Waals surface area contributed by atoms with Crippen LogP contribution in [0.4, 0.5) is 11.4 Å². The van der Waals surface area contributed by atoms with Crippen LogP contribution in [0.15, 0.2) is 36.9 Å². The van der Waals surface area contributed by atoms with E-state index in [-0.39, 0.29) is 11.6 Å². The van der Waals surface area contributed by atoms with E-state index in [0.29, 0.717) is 5.69 Å². The highest BCUT2D eigenvalue weighted by Crippen LogP contribution is 2.19. The first-order chi connectivity index (χ1) is 8.59. The zero-order valence-corrected chi connectivity index (χ0v) is 9.42. The monoisotopic (exact) mass is 247 g/mol. The van der Waals surface area contributed by atoms with Crippen molar-refractivity contribution in [3.8, 4) is 0 Å². The summed E-state index contributed by atoms with van der Waals surface area (Å²) >= 11 is 0. The van der Waals surface area contributed by atoms with E-state index < -0.39 is 4.92 Å². The summed E-state index contributed by atoms with van der Waals surface area (Å²) in [6.45, 7) is 1.38. The van der Waals surface area contributed by atoms with Crippen LogP contribution in [0.25, 0.3) is 0 Å². The van der Waals surface area contributed by atoms with E-state index in [1.54, 1.807) is 0 Å². The molecule has 1 aromatic carbocycles. The number of benzene rings is 1. The van der Waals surface area contributed by atoms with Gasteiger partial charge in [0.2, 0.25) is 5.91 Å². The van der Waals surface area contributed by atoms with E-state index in [1.807, 2.05) is 0 Å². The van der Waals surface area contributed by atoms with Gasteiger partial charge in [-0.05, 0) is 12.1 Å². The van der Waals surface area contributed by atoms with Crippen molar-refractivity contribution in [2.75, 3.05) is 5.01 Å². The summed E-state index contributed by atoms with van der Waals surface area (Å²) < 4.78 is 1.39. The van der Waals surface area contributed by atoms with Gasteiger partial charge in [0.05, 0.1) is 10.6 Å². The molecule has 0 unspecified atom stereocenters. The van der Waals surface area contributed by atoms with Crippen molar-refractivity contribution in [2.45, 2.75) is 6.92 Å². The molecule has 0 spiro atoms. The first-order valence-electron chi connectivity index (χ1n) is 4.99. The number of hydrogen-bond donors (Lipinski definition) is 0. The second-order valence-electron chi connectivity index (χ2n) is 3.45. The molecule has 0 aliphatic rings. The van der Waals surface area contributed by atoms with Crippen molar-refractivity contribution < 1.29 is 9.72 Å². The quantitative estimate of drug-likeness (QED) is 0.595. The molecule has 0 radical (unpaired) electrons. The van der Waals surface area contributed by atoms with Crippen molar-refractivity contribution in [2.24, 2.45) is 0 Å². The molecular weight excluding hydrogens is 238 g/mol. The Kier molecular flexibility index (Phi) is 3.00. The molecule has 92 valence electrons. The van der Waals surface area contributed by atoms with E-state index in [9.17, 15) is 14.9 Å². The highest BCUT2D eigenvalue weighted by Gasteiger charge is 2.15. The summed E-state index contributed by atoms with van der Waals surface area (Å²) in [6, 6.07) is 5.63. The normalized spacial score (nSPS) is 10.1. The van der Waals surface area contributed by atoms with Crippen molar-refractivity contribution >= 4 is 17.3 Å². The van der Waals surface area contributed by atoms with Gasteiger partial charge in [-0.3, -0.25) is 14.9 Å². The molecule has 8 heteroatoms. The zero-order valence-electron chi connectivity index (χ0n) is 9.42. The van der Waals surface area contributed by atoms with Gasteiger partial charge in [0.1, 0.15) is 12.7 Å². The van der Waals surface area contributed by atoms with E-state index in [1.165, 1.54) is 53.5 Å². The number of nitro benzene ring substituents is 1. The third kappa shape index (κ3) is 2.17. The Morgan fingerprint density at radius 1 is 1.28 bits per heavy atom. The van der Waals surface area contributed by atoms with Crippen LogP contribution in [0.2, 0.25) is 0 Å². The topological polar surface area (TPSA) is 94.2 Å². The second-order valence-corrected chi connectivity index (χ2v) is 3.45. The maximum Gasteiger partial charge on any atom is 0.269 e. The molecule has 8 nitrogen and oxygen atoms in total. The smallest absolute Gasteiger partial charge is 0.269 e. The number of carbonyl (C=O) groups is 1. The minimum absolute atomic E-state index is 0.0361. The van der Waals surface area contributed by atoms with E-state index in [2.05, 4.69) is 10.2 Å². The molecule has 0 saturated carbocycles. The number of anilines is 1. The van der Waals surface area contributed by atoms with E-state index >= 15 is 0 Å². The fraction of sp³-hybridized carbons (Fsp3) is 0.100. The number of non-ortho nitro benzene ring substituents is 1. The molecule has 1 aromatic heterocycles. The molecule has 0 aliphatic carbocycles. The van der Waals surface area contributed by atoms with Gasteiger partial charge in [-0.15, -0.1) is 10.2 Å². The summed E-state index contributed by atoms with van der Waals surface area (Å²) in [5.41, 5.74) is 0.457. The molecule has 18 heavy (non-hydrogen) atoms. The molecule has 1 amide bonds. The van der Waals surface area contributed by atoms with Crippen LogP contribution in [0, 0.1) is 10.1 Å². The molecule has 0 N–H and O–H groups in total. The standard InChI is InChI=1S/C10H9N5O3/c1-8(16)14(13-6-11-12-7-13)9-2-4-10(5-3-9)15(17)18/h2-7H,1H3. The van der Waals surface area contributed by atoms with Gasteiger partial charge in [-0.2, -0.15) is 0 Å². The number of carbonyl (C=O) groups excluding carboxylic acids is 1. The Morgan fingerprint density at radius 3 is 2.28 bits per heavy atom. The lowest BCUT2D eigenvalue weighted by Crippen LogP contribution is -2.32. The Hall–Kier alpha value is -2.77. The highest BCUT2D eigenvalue weighted by atomic mass is 16.6. The van der Waals surface area contributed by atoms with Gasteiger partial charge in [-0.25, -0.2) is 9.69 Å². The van der Waals surface area contributed by atoms with Gasteiger partial charge in [0.15, 0.2) is 0 Å². The molecule has 2 rings (SSSR count). The predicted octanol–water partition coefficient (Wildman–Crippen LogP) is 1.00. The molecule has 0 fully saturated rings. The second kappa shape index (κ2) is 4.62. The average molecular weight is 247 g/mol. The minimum atomic E-state index is -0.499. The molecule has 0 atom stereocenters. The van der Waals surface area contributed by atoms with Gasteiger partial charge in [-0.1, -0.05) is 0 Å². The van der Waals surface area contributed by atoms with E-state index in [0.717, 1.165) is 0 Å². The summed E-state index contributed by atoms with van der Waals surface area (Å²) in [4.78, 5) is 21.6. The van der Waals surface area contributed by atoms with Crippen LogP contribution >= 0.6 is 0 Å². The summed E-state index contributed by atoms with van der Waals surface area (Å²) in [6.07, 6.45) is 2.73. The lowest BCUT2D eigenvalue weighted by atomic mass is 10.3. The van der Waals surface area contributed by atoms with Crippen LogP contribution in [-0.4, -0.2) is 25.7 Å². The largest absolute Gasteiger partial charge is 0.273 e. The van der Waals surface area contributed by atoms with Crippen LogP contribution in [0.3, 0.4) is 0 Å². The summed E-state index contributed by atoms with van der Waals surface area (Å²) in [7, 11) is 0. The summed E-state index contributed by atoms with van der Waals surface area (Å²) in [5.74, 6) is -0.261. The SMILES string of the molecule is CC(=O)N(c1ccc([N+](=O)[O-])cc1)n1cnnc1. The Labute approximate surface area is 102 Å². The van der Waals surface area contributed by atoms with Gasteiger partial charge in [0.25, 0.3) is 5.69 Å². The Balaban J connectivity index is 2.38. The third-order valence-electron chi connectivity index (χ3n) is 2.24. The maximum atomic E-state index is 11.6. The van der Waals surface area contributed by atoms with Crippen molar-refractivity contribution in [1.29, 1.82) is 0 Å². The van der Waals surface area contributed by atoms with Crippen LogP contribution < -0.4 is 5.01 Å². The molecule has 0 saturated heterocycles. The lowest BCUT2D eigenvalue weighted by Gasteiger charge is -2.20. The van der Waals surface area contributed by atoms with Crippen molar-refractivity contribution in [3.05, 3.63) is 47.0 Å². The predicted molar refractivity (Wildman–Crippen MR) is 61.7 cm³/mol. The Morgan fingerprint density at radius 2 is 1.83 bits per heavy atom. The number of hydrogen-bond acceptors (Lipinski definition) is 5. The van der Waals surface area contributed by atoms with Crippen LogP contribution in [0.1, 0.15) is 6.92 Å². The molecule has 1 heterocycles. The van der Waals surface area contributed by atoms with Gasteiger partial charge in [0, 0.05) is 19.1 Å². The maximum absolute atomic E-state index is 11.6. The highest BCUT2D eigenvalue weighted by molar-refractivity contribution is 5.90. The number of nitro groups is 1. The number of rotatable bonds is 3. The number of aromatic nitrogens is 3. The van der Waals surface area contributed by atoms with Gasteiger partial charge >= 0.3 is 0 Å². The van der Waals surface area contributed by atoms with Crippen LogP contribution in [0.5, 0.6) is 0 Å². The van der Waals surface area contributed by atoms with Crippen molar-refractivity contribution in [3.63, 3.8) is 0 Å². The molecule has 0 bridgehead atoms. The first-order valence-corrected chi connectivity index (χ1v) is 4.99. The summed E-state index contributed by atoms with van der Waals surface area (Å²) in [5, 5.41) is 19.1. The van der Waals surface area contributed by atoms with Gasteiger partial charge < -0.3 is 0 Å². The fourth-order valence-corrected chi connectivity index (χ4v) is 1.49. The molecule has 0 aliphatic heterocycles. The number of nitrogens with zero attached hydrogens (tertiary/aromatic N) is 5. The molecule has 2 aromatic rings. The first kappa shape index (κ1) is 11.7. The van der Waals surface area contributed by atoms with Crippen LogP contribution in [-0.2, 0) is 4.79 Å². The third-order valence-corrected chi connectivity index (χ3v) is 2.24. The fourth-order valence-electron chi connectivity index (χ4n) is 1.49. The minimum Gasteiger partial charge on any atom is -0.273 e. The number of amides is 1. The zero-order chi connectivity index (χ0) is 13.1. The Bertz CT molecular complexity index is 564. The van der Waals surface area contributed by atoms with Crippen molar-refractivity contribution in [1.82, 2.24) is 14.9 Å². The molecular formula is C10H9N5O3. The van der Waals surface area contributed by atoms with E-state index in [4.69, 9.17) is 0 Å². The lowest BCUT2D eigenvalue weighted by molar-refractivity contribution is -0.384. The average Bonchev–Trinajstić information content (AvgIpc) is 2.83.